The molecule has 2 rings (SSSR count). The van der Waals surface area contributed by atoms with Crippen LogP contribution < -0.4 is 11.1 Å². The normalized spacial score (nSPS) is 23.6. The van der Waals surface area contributed by atoms with Crippen molar-refractivity contribution in [2.45, 2.75) is 31.5 Å². The Bertz CT molecular complexity index is 445. The molecule has 6 heteroatoms. The van der Waals surface area contributed by atoms with Gasteiger partial charge in [-0.1, -0.05) is 0 Å². The zero-order valence-electron chi connectivity index (χ0n) is 10.3. The highest BCUT2D eigenvalue weighted by molar-refractivity contribution is 5.46. The zero-order chi connectivity index (χ0) is 14.0. The van der Waals surface area contributed by atoms with E-state index in [1.165, 1.54) is 0 Å². The fourth-order valence-corrected chi connectivity index (χ4v) is 2.39. The highest BCUT2D eigenvalue weighted by Gasteiger charge is 2.31. The van der Waals surface area contributed by atoms with Crippen LogP contribution in [0.1, 0.15) is 24.8 Å². The molecule has 0 spiro atoms. The minimum absolute atomic E-state index is 0.105. The molecule has 106 valence electrons. The van der Waals surface area contributed by atoms with Crippen molar-refractivity contribution in [1.29, 1.82) is 0 Å². The van der Waals surface area contributed by atoms with Crippen LogP contribution in [0.5, 0.6) is 0 Å². The molecular weight excluding hydrogens is 260 g/mol. The molecule has 2 unspecified atom stereocenters. The number of rotatable bonds is 3. The van der Waals surface area contributed by atoms with E-state index in [-0.39, 0.29) is 11.7 Å². The Labute approximate surface area is 109 Å². The Balaban J connectivity index is 1.98. The molecule has 3 N–H and O–H groups in total. The molecule has 0 aliphatic heterocycles. The third-order valence-corrected chi connectivity index (χ3v) is 3.46. The van der Waals surface area contributed by atoms with E-state index in [4.69, 9.17) is 5.73 Å². The van der Waals surface area contributed by atoms with Gasteiger partial charge in [0.15, 0.2) is 0 Å². The summed E-state index contributed by atoms with van der Waals surface area (Å²) in [6.45, 7) is 0.538. The molecule has 0 heterocycles. The van der Waals surface area contributed by atoms with Crippen molar-refractivity contribution in [3.63, 3.8) is 0 Å². The second-order valence-electron chi connectivity index (χ2n) is 5.01. The number of hydrogen-bond donors (Lipinski definition) is 2. The Morgan fingerprint density at radius 1 is 1.26 bits per heavy atom. The topological polar surface area (TPSA) is 38.0 Å². The van der Waals surface area contributed by atoms with Crippen LogP contribution in [0.2, 0.25) is 0 Å². The van der Waals surface area contributed by atoms with Crippen LogP contribution in [0.15, 0.2) is 18.2 Å². The van der Waals surface area contributed by atoms with Crippen LogP contribution in [0, 0.1) is 11.7 Å². The van der Waals surface area contributed by atoms with Gasteiger partial charge in [-0.25, -0.2) is 4.39 Å². The summed E-state index contributed by atoms with van der Waals surface area (Å²) in [5.74, 6) is -0.520. The summed E-state index contributed by atoms with van der Waals surface area (Å²) in [6.07, 6.45) is -1.73. The number of benzene rings is 1. The summed E-state index contributed by atoms with van der Waals surface area (Å²) in [6, 6.07) is 2.71. The fraction of sp³-hybridized carbons (Fsp3) is 0.538. The Morgan fingerprint density at radius 3 is 2.53 bits per heavy atom. The third-order valence-electron chi connectivity index (χ3n) is 3.46. The molecule has 0 aromatic heterocycles. The fourth-order valence-electron chi connectivity index (χ4n) is 2.39. The molecule has 19 heavy (non-hydrogen) atoms. The van der Waals surface area contributed by atoms with Gasteiger partial charge in [-0.15, -0.1) is 0 Å². The quantitative estimate of drug-likeness (QED) is 0.830. The van der Waals surface area contributed by atoms with Crippen LogP contribution in [0.25, 0.3) is 0 Å². The lowest BCUT2D eigenvalue weighted by Crippen LogP contribution is -2.18. The molecular formula is C13H16F4N2. The SMILES string of the molecule is NC1CCC(CNc2ccc(C(F)(F)F)cc2F)C1. The van der Waals surface area contributed by atoms with E-state index in [1.807, 2.05) is 0 Å². The standard InChI is InChI=1S/C13H16F4N2/c14-11-6-9(13(15,16)17)2-4-12(11)19-7-8-1-3-10(18)5-8/h2,4,6,8,10,19H,1,3,5,7,18H2. The predicted molar refractivity (Wildman–Crippen MR) is 65.2 cm³/mol. The van der Waals surface area contributed by atoms with Crippen LogP contribution in [0.4, 0.5) is 23.2 Å². The highest BCUT2D eigenvalue weighted by atomic mass is 19.4. The first-order valence-electron chi connectivity index (χ1n) is 6.22. The maximum atomic E-state index is 13.5. The van der Waals surface area contributed by atoms with E-state index in [0.717, 1.165) is 31.4 Å². The lowest BCUT2D eigenvalue weighted by Gasteiger charge is -2.14. The molecule has 1 aliphatic carbocycles. The van der Waals surface area contributed by atoms with Gasteiger partial charge < -0.3 is 11.1 Å². The van der Waals surface area contributed by atoms with Gasteiger partial charge in [0.2, 0.25) is 0 Å². The molecule has 1 saturated carbocycles. The van der Waals surface area contributed by atoms with Crippen LogP contribution >= 0.6 is 0 Å². The third kappa shape index (κ3) is 3.59. The van der Waals surface area contributed by atoms with E-state index in [0.29, 0.717) is 18.5 Å². The lowest BCUT2D eigenvalue weighted by molar-refractivity contribution is -0.137. The van der Waals surface area contributed by atoms with Gasteiger partial charge in [-0.3, -0.25) is 0 Å². The van der Waals surface area contributed by atoms with Crippen molar-refractivity contribution in [1.82, 2.24) is 0 Å². The molecule has 1 aromatic carbocycles. The minimum atomic E-state index is -4.52. The van der Waals surface area contributed by atoms with Gasteiger partial charge in [0.1, 0.15) is 5.82 Å². The average molecular weight is 276 g/mol. The first-order chi connectivity index (χ1) is 8.86. The van der Waals surface area contributed by atoms with E-state index < -0.39 is 17.6 Å². The molecule has 1 aliphatic rings. The van der Waals surface area contributed by atoms with Crippen LogP contribution in [0.3, 0.4) is 0 Å². The predicted octanol–water partition coefficient (Wildman–Crippen LogP) is 3.38. The van der Waals surface area contributed by atoms with E-state index >= 15 is 0 Å². The maximum Gasteiger partial charge on any atom is 0.416 e. The van der Waals surface area contributed by atoms with Crippen LogP contribution in [-0.4, -0.2) is 12.6 Å². The van der Waals surface area contributed by atoms with Crippen molar-refractivity contribution >= 4 is 5.69 Å². The van der Waals surface area contributed by atoms with Crippen molar-refractivity contribution in [2.75, 3.05) is 11.9 Å². The summed E-state index contributed by atoms with van der Waals surface area (Å²) < 4.78 is 50.7. The molecule has 0 bridgehead atoms. The number of nitrogens with one attached hydrogen (secondary N) is 1. The Hall–Kier alpha value is -1.30. The second kappa shape index (κ2) is 5.36. The summed E-state index contributed by atoms with van der Waals surface area (Å²) >= 11 is 0. The maximum absolute atomic E-state index is 13.5. The molecule has 0 saturated heterocycles. The van der Waals surface area contributed by atoms with Gasteiger partial charge in [-0.05, 0) is 43.4 Å². The summed E-state index contributed by atoms with van der Waals surface area (Å²) in [5, 5.41) is 2.86. The molecule has 1 aromatic rings. The number of anilines is 1. The van der Waals surface area contributed by atoms with Gasteiger partial charge >= 0.3 is 6.18 Å². The number of nitrogens with two attached hydrogens (primary N) is 1. The first-order valence-corrected chi connectivity index (χ1v) is 6.22. The summed E-state index contributed by atoms with van der Waals surface area (Å²) in [4.78, 5) is 0. The van der Waals surface area contributed by atoms with Crippen molar-refractivity contribution in [3.05, 3.63) is 29.6 Å². The molecule has 2 atom stereocenters. The number of alkyl halides is 3. The first kappa shape index (κ1) is 14.1. The molecule has 0 radical (unpaired) electrons. The lowest BCUT2D eigenvalue weighted by atomic mass is 10.1. The monoisotopic (exact) mass is 276 g/mol. The van der Waals surface area contributed by atoms with Gasteiger partial charge in [0.05, 0.1) is 11.3 Å². The van der Waals surface area contributed by atoms with Gasteiger partial charge in [0.25, 0.3) is 0 Å². The van der Waals surface area contributed by atoms with E-state index in [9.17, 15) is 17.6 Å². The largest absolute Gasteiger partial charge is 0.416 e. The van der Waals surface area contributed by atoms with Crippen molar-refractivity contribution in [2.24, 2.45) is 11.7 Å². The van der Waals surface area contributed by atoms with Gasteiger partial charge in [0, 0.05) is 12.6 Å². The second-order valence-corrected chi connectivity index (χ2v) is 5.01. The summed E-state index contributed by atoms with van der Waals surface area (Å²) in [7, 11) is 0. The molecule has 0 amide bonds. The van der Waals surface area contributed by atoms with E-state index in [1.54, 1.807) is 0 Å². The van der Waals surface area contributed by atoms with Crippen molar-refractivity contribution in [3.8, 4) is 0 Å². The molecule has 1 fully saturated rings. The minimum Gasteiger partial charge on any atom is -0.382 e. The Morgan fingerprint density at radius 2 is 2.00 bits per heavy atom. The smallest absolute Gasteiger partial charge is 0.382 e. The Kier molecular flexibility index (Phi) is 3.99. The van der Waals surface area contributed by atoms with Crippen molar-refractivity contribution < 1.29 is 17.6 Å². The van der Waals surface area contributed by atoms with Crippen LogP contribution in [-0.2, 0) is 6.18 Å². The zero-order valence-corrected chi connectivity index (χ0v) is 10.3. The number of hydrogen-bond acceptors (Lipinski definition) is 2. The average Bonchev–Trinajstić information content (AvgIpc) is 2.72. The number of halogens is 4. The highest BCUT2D eigenvalue weighted by Crippen LogP contribution is 2.31. The van der Waals surface area contributed by atoms with Gasteiger partial charge in [-0.2, -0.15) is 13.2 Å². The molecule has 2 nitrogen and oxygen atoms in total. The summed E-state index contributed by atoms with van der Waals surface area (Å²) in [5.41, 5.74) is 4.90. The van der Waals surface area contributed by atoms with E-state index in [2.05, 4.69) is 5.32 Å².